The average molecular weight is 156 g/mol. The Morgan fingerprint density at radius 2 is 1.80 bits per heavy atom. The van der Waals surface area contributed by atoms with Crippen LogP contribution >= 0.6 is 7.37 Å². The fraction of sp³-hybridized carbons (Fsp3) is 0.429. The molecule has 0 aliphatic heterocycles. The summed E-state index contributed by atoms with van der Waals surface area (Å²) in [5.74, 6) is 4.52. The molecule has 54 valence electrons. The van der Waals surface area contributed by atoms with Gasteiger partial charge >= 0.3 is 0 Å². The van der Waals surface area contributed by atoms with Gasteiger partial charge in [0.15, 0.2) is 0 Å². The lowest BCUT2D eigenvalue weighted by Gasteiger charge is -2.08. The first-order valence-corrected chi connectivity index (χ1v) is 4.69. The monoisotopic (exact) mass is 156 g/mol. The van der Waals surface area contributed by atoms with Crippen LogP contribution in [0.3, 0.4) is 0 Å². The van der Waals surface area contributed by atoms with Crippen LogP contribution < -0.4 is 0 Å². The SMILES string of the molecule is C#CCP(=O)(CC#C)OC. The van der Waals surface area contributed by atoms with E-state index >= 15 is 0 Å². The predicted molar refractivity (Wildman–Crippen MR) is 42.0 cm³/mol. The van der Waals surface area contributed by atoms with Crippen LogP contribution in [0.15, 0.2) is 0 Å². The van der Waals surface area contributed by atoms with Crippen molar-refractivity contribution in [3.8, 4) is 24.7 Å². The minimum Gasteiger partial charge on any atom is -0.331 e. The minimum absolute atomic E-state index is 0.119. The molecule has 0 amide bonds. The smallest absolute Gasteiger partial charge is 0.225 e. The van der Waals surface area contributed by atoms with Gasteiger partial charge in [0.25, 0.3) is 0 Å². The van der Waals surface area contributed by atoms with Crippen molar-refractivity contribution in [2.75, 3.05) is 19.4 Å². The fourth-order valence-electron chi connectivity index (χ4n) is 0.463. The van der Waals surface area contributed by atoms with Gasteiger partial charge in [-0.05, 0) is 0 Å². The summed E-state index contributed by atoms with van der Waals surface area (Å²) >= 11 is 0. The van der Waals surface area contributed by atoms with Crippen molar-refractivity contribution in [2.45, 2.75) is 0 Å². The van der Waals surface area contributed by atoms with Gasteiger partial charge < -0.3 is 4.52 Å². The summed E-state index contributed by atoms with van der Waals surface area (Å²) in [4.78, 5) is 0. The molecule has 0 heterocycles. The highest BCUT2D eigenvalue weighted by molar-refractivity contribution is 7.59. The molecule has 0 N–H and O–H groups in total. The van der Waals surface area contributed by atoms with E-state index in [1.807, 2.05) is 0 Å². The van der Waals surface area contributed by atoms with E-state index in [0.29, 0.717) is 0 Å². The van der Waals surface area contributed by atoms with Crippen LogP contribution in [-0.4, -0.2) is 19.4 Å². The largest absolute Gasteiger partial charge is 0.331 e. The second-order valence-corrected chi connectivity index (χ2v) is 4.35. The highest BCUT2D eigenvalue weighted by Crippen LogP contribution is 2.44. The van der Waals surface area contributed by atoms with Crippen LogP contribution in [0.1, 0.15) is 0 Å². The van der Waals surface area contributed by atoms with Crippen LogP contribution in [0.5, 0.6) is 0 Å². The third kappa shape index (κ3) is 2.74. The first-order chi connectivity index (χ1) is 4.68. The van der Waals surface area contributed by atoms with Crippen molar-refractivity contribution < 1.29 is 9.09 Å². The topological polar surface area (TPSA) is 26.3 Å². The van der Waals surface area contributed by atoms with Crippen LogP contribution in [0, 0.1) is 24.7 Å². The molecule has 2 nitrogen and oxygen atoms in total. The Balaban J connectivity index is 4.16. The molecule has 0 radical (unpaired) electrons. The van der Waals surface area contributed by atoms with Crippen molar-refractivity contribution >= 4 is 7.37 Å². The van der Waals surface area contributed by atoms with Gasteiger partial charge in [-0.2, -0.15) is 0 Å². The summed E-state index contributed by atoms with van der Waals surface area (Å²) in [6, 6.07) is 0. The summed E-state index contributed by atoms with van der Waals surface area (Å²) in [6.07, 6.45) is 10.1. The number of terminal acetylenes is 2. The molecule has 0 saturated carbocycles. The van der Waals surface area contributed by atoms with Crippen molar-refractivity contribution in [2.24, 2.45) is 0 Å². The Hall–Kier alpha value is -0.690. The van der Waals surface area contributed by atoms with Crippen LogP contribution in [0.2, 0.25) is 0 Å². The lowest BCUT2D eigenvalue weighted by molar-refractivity contribution is 0.399. The second kappa shape index (κ2) is 4.18. The van der Waals surface area contributed by atoms with Crippen molar-refractivity contribution in [1.82, 2.24) is 0 Å². The van der Waals surface area contributed by atoms with Gasteiger partial charge in [0.2, 0.25) is 7.37 Å². The molecule has 3 heteroatoms. The Bertz CT molecular complexity index is 199. The molecule has 0 atom stereocenters. The molecule has 0 spiro atoms. The molecule has 0 aliphatic rings. The minimum atomic E-state index is -2.67. The van der Waals surface area contributed by atoms with Crippen LogP contribution in [0.4, 0.5) is 0 Å². The van der Waals surface area contributed by atoms with E-state index in [1.54, 1.807) is 0 Å². The van der Waals surface area contributed by atoms with Gasteiger partial charge in [-0.3, -0.25) is 4.57 Å². The number of hydrogen-bond donors (Lipinski definition) is 0. The molecule has 0 bridgehead atoms. The van der Waals surface area contributed by atoms with Gasteiger partial charge in [0, 0.05) is 7.11 Å². The zero-order valence-corrected chi connectivity index (χ0v) is 6.73. The zero-order valence-electron chi connectivity index (χ0n) is 5.83. The van der Waals surface area contributed by atoms with E-state index in [4.69, 9.17) is 12.8 Å². The molecular weight excluding hydrogens is 147 g/mol. The highest BCUT2D eigenvalue weighted by Gasteiger charge is 2.17. The van der Waals surface area contributed by atoms with E-state index in [1.165, 1.54) is 7.11 Å². The zero-order chi connectivity index (χ0) is 8.04. The van der Waals surface area contributed by atoms with Gasteiger partial charge in [-0.25, -0.2) is 0 Å². The molecule has 0 fully saturated rings. The second-order valence-electron chi connectivity index (χ2n) is 1.72. The first-order valence-electron chi connectivity index (χ1n) is 2.69. The van der Waals surface area contributed by atoms with Crippen molar-refractivity contribution in [1.29, 1.82) is 0 Å². The Morgan fingerprint density at radius 1 is 1.40 bits per heavy atom. The number of rotatable bonds is 3. The van der Waals surface area contributed by atoms with Crippen LogP contribution in [-0.2, 0) is 9.09 Å². The van der Waals surface area contributed by atoms with E-state index in [-0.39, 0.29) is 12.3 Å². The lowest BCUT2D eigenvalue weighted by atomic mass is 10.8. The quantitative estimate of drug-likeness (QED) is 0.453. The fourth-order valence-corrected chi connectivity index (χ4v) is 1.39. The van der Waals surface area contributed by atoms with E-state index in [9.17, 15) is 4.57 Å². The van der Waals surface area contributed by atoms with E-state index in [0.717, 1.165) is 0 Å². The molecule has 0 unspecified atom stereocenters. The average Bonchev–Trinajstić information content (AvgIpc) is 1.89. The van der Waals surface area contributed by atoms with Crippen molar-refractivity contribution in [3.63, 3.8) is 0 Å². The lowest BCUT2D eigenvalue weighted by Crippen LogP contribution is -1.93. The Morgan fingerprint density at radius 3 is 2.00 bits per heavy atom. The Labute approximate surface area is 61.4 Å². The van der Waals surface area contributed by atoms with Crippen LogP contribution in [0.25, 0.3) is 0 Å². The summed E-state index contributed by atoms with van der Waals surface area (Å²) in [6.45, 7) is 0. The maximum atomic E-state index is 11.3. The molecule has 0 rings (SSSR count). The van der Waals surface area contributed by atoms with Crippen molar-refractivity contribution in [3.05, 3.63) is 0 Å². The maximum Gasteiger partial charge on any atom is 0.225 e. The number of hydrogen-bond acceptors (Lipinski definition) is 2. The van der Waals surface area contributed by atoms with Gasteiger partial charge in [-0.15, -0.1) is 12.8 Å². The molecule has 0 aromatic heterocycles. The van der Waals surface area contributed by atoms with Gasteiger partial charge in [0.1, 0.15) is 0 Å². The summed E-state index contributed by atoms with van der Waals surface area (Å²) in [5.41, 5.74) is 0. The molecule has 0 aromatic carbocycles. The Kier molecular flexibility index (Phi) is 3.89. The summed E-state index contributed by atoms with van der Waals surface area (Å²) in [5, 5.41) is 0. The normalized spacial score (nSPS) is 9.90. The van der Waals surface area contributed by atoms with Gasteiger partial charge in [-0.1, -0.05) is 11.8 Å². The third-order valence-electron chi connectivity index (χ3n) is 0.997. The predicted octanol–water partition coefficient (Wildman–Crippen LogP) is 1.18. The van der Waals surface area contributed by atoms with E-state index < -0.39 is 7.37 Å². The van der Waals surface area contributed by atoms with Gasteiger partial charge in [0.05, 0.1) is 12.3 Å². The molecule has 0 aliphatic carbocycles. The molecule has 0 aromatic rings. The standard InChI is InChI=1S/C7H9O2P/c1-4-6-10(8,9-3)7-5-2/h1-2H,6-7H2,3H3. The summed E-state index contributed by atoms with van der Waals surface area (Å²) in [7, 11) is -1.32. The maximum absolute atomic E-state index is 11.3. The molecular formula is C7H9O2P. The first kappa shape index (κ1) is 9.31. The highest BCUT2D eigenvalue weighted by atomic mass is 31.2. The molecule has 0 saturated heterocycles. The summed E-state index contributed by atoms with van der Waals surface area (Å²) < 4.78 is 16.0. The third-order valence-corrected chi connectivity index (χ3v) is 2.99. The molecule has 10 heavy (non-hydrogen) atoms. The van der Waals surface area contributed by atoms with E-state index in [2.05, 4.69) is 16.4 Å².